The highest BCUT2D eigenvalue weighted by atomic mass is 16.6. The highest BCUT2D eigenvalue weighted by Gasteiger charge is 2.37. The number of carbonyl (C=O) groups is 3. The molecular weight excluding hydrogens is 350 g/mol. The molecule has 0 aliphatic rings. The Hall–Kier alpha value is -2.83. The zero-order valence-electron chi connectivity index (χ0n) is 16.2. The number of hydrogen-bond acceptors (Lipinski definition) is 6. The zero-order valence-corrected chi connectivity index (χ0v) is 16.2. The largest absolute Gasteiger partial charge is 0.467 e. The van der Waals surface area contributed by atoms with Gasteiger partial charge in [0.1, 0.15) is 18.2 Å². The number of carbonyl (C=O) groups excluding carboxylic acids is 3. The number of esters is 2. The molecule has 0 fully saturated rings. The maximum absolute atomic E-state index is 12.6. The molecule has 1 aromatic rings. The Kier molecular flexibility index (Phi) is 8.51. The van der Waals surface area contributed by atoms with Crippen molar-refractivity contribution in [1.29, 1.82) is 0 Å². The number of benzene rings is 1. The number of hydrogen-bond donors (Lipinski definition) is 1. The minimum Gasteiger partial charge on any atom is -0.467 e. The molecule has 148 valence electrons. The maximum atomic E-state index is 12.6. The molecule has 0 aromatic heterocycles. The average Bonchev–Trinajstić information content (AvgIpc) is 2.61. The van der Waals surface area contributed by atoms with Crippen LogP contribution >= 0.6 is 0 Å². The molecule has 7 heteroatoms. The molecule has 1 N–H and O–H groups in total. The van der Waals surface area contributed by atoms with Crippen molar-refractivity contribution in [2.75, 3.05) is 7.11 Å². The van der Waals surface area contributed by atoms with Crippen LogP contribution in [-0.4, -0.2) is 36.8 Å². The summed E-state index contributed by atoms with van der Waals surface area (Å²) in [5.41, 5.74) is 0.0462. The van der Waals surface area contributed by atoms with Crippen molar-refractivity contribution in [1.82, 2.24) is 5.32 Å². The van der Waals surface area contributed by atoms with E-state index < -0.39 is 35.6 Å². The molecule has 0 saturated carbocycles. The SMILES string of the molecule is C=CC[C@H](C(=O)OCc1ccccc1)[C@@H](NC(=O)OC(C)(C)C)C(=O)OC. The third-order valence-corrected chi connectivity index (χ3v) is 3.48. The van der Waals surface area contributed by atoms with Gasteiger partial charge in [-0.25, -0.2) is 9.59 Å². The lowest BCUT2D eigenvalue weighted by Crippen LogP contribution is -2.50. The van der Waals surface area contributed by atoms with Crippen molar-refractivity contribution >= 4 is 18.0 Å². The van der Waals surface area contributed by atoms with E-state index in [4.69, 9.17) is 14.2 Å². The third kappa shape index (κ3) is 7.94. The second-order valence-electron chi connectivity index (χ2n) is 6.87. The fraction of sp³-hybridized carbons (Fsp3) is 0.450. The number of amides is 1. The standard InChI is InChI=1S/C20H27NO6/c1-6-10-15(17(22)26-13-14-11-8-7-9-12-14)16(18(23)25-5)21-19(24)27-20(2,3)4/h6-9,11-12,15-16H,1,10,13H2,2-5H3,(H,21,24)/t15-,16+/m0/s1. The molecule has 0 aliphatic carbocycles. The number of allylic oxidation sites excluding steroid dienone is 1. The van der Waals surface area contributed by atoms with Crippen molar-refractivity contribution in [3.05, 3.63) is 48.6 Å². The summed E-state index contributed by atoms with van der Waals surface area (Å²) in [5, 5.41) is 2.40. The van der Waals surface area contributed by atoms with Crippen LogP contribution in [0.3, 0.4) is 0 Å². The quantitative estimate of drug-likeness (QED) is 0.425. The van der Waals surface area contributed by atoms with Crippen LogP contribution in [-0.2, 0) is 30.4 Å². The van der Waals surface area contributed by atoms with Gasteiger partial charge < -0.3 is 19.5 Å². The van der Waals surface area contributed by atoms with Gasteiger partial charge in [-0.3, -0.25) is 4.79 Å². The number of methoxy groups -OCH3 is 1. The molecule has 0 spiro atoms. The van der Waals surface area contributed by atoms with E-state index in [-0.39, 0.29) is 13.0 Å². The lowest BCUT2D eigenvalue weighted by molar-refractivity contribution is -0.157. The summed E-state index contributed by atoms with van der Waals surface area (Å²) in [6.45, 7) is 8.72. The lowest BCUT2D eigenvalue weighted by atomic mass is 9.96. The third-order valence-electron chi connectivity index (χ3n) is 3.48. The van der Waals surface area contributed by atoms with Crippen molar-refractivity contribution in [3.63, 3.8) is 0 Å². The lowest BCUT2D eigenvalue weighted by Gasteiger charge is -2.26. The molecule has 1 aromatic carbocycles. The molecule has 1 amide bonds. The Bertz CT molecular complexity index is 650. The van der Waals surface area contributed by atoms with Gasteiger partial charge >= 0.3 is 18.0 Å². The normalized spacial score (nSPS) is 13.0. The minimum atomic E-state index is -1.26. The second-order valence-corrected chi connectivity index (χ2v) is 6.87. The smallest absolute Gasteiger partial charge is 0.408 e. The van der Waals surface area contributed by atoms with Gasteiger partial charge in [-0.05, 0) is 32.8 Å². The topological polar surface area (TPSA) is 90.9 Å². The van der Waals surface area contributed by atoms with E-state index in [0.717, 1.165) is 5.56 Å². The average molecular weight is 377 g/mol. The number of ether oxygens (including phenoxy) is 3. The van der Waals surface area contributed by atoms with Crippen LogP contribution in [0.5, 0.6) is 0 Å². The Morgan fingerprint density at radius 1 is 1.15 bits per heavy atom. The summed E-state index contributed by atoms with van der Waals surface area (Å²) in [6, 6.07) is 7.87. The summed E-state index contributed by atoms with van der Waals surface area (Å²) < 4.78 is 15.2. The van der Waals surface area contributed by atoms with E-state index >= 15 is 0 Å². The van der Waals surface area contributed by atoms with Crippen LogP contribution in [0.25, 0.3) is 0 Å². The van der Waals surface area contributed by atoms with Gasteiger partial charge in [0.2, 0.25) is 0 Å². The highest BCUT2D eigenvalue weighted by Crippen LogP contribution is 2.17. The second kappa shape index (κ2) is 10.4. The van der Waals surface area contributed by atoms with Crippen LogP contribution in [0.4, 0.5) is 4.79 Å². The molecule has 0 heterocycles. The van der Waals surface area contributed by atoms with Crippen molar-refractivity contribution in [2.24, 2.45) is 5.92 Å². The fourth-order valence-corrected chi connectivity index (χ4v) is 2.27. The summed E-state index contributed by atoms with van der Waals surface area (Å²) in [7, 11) is 1.17. The van der Waals surface area contributed by atoms with Gasteiger partial charge in [0.15, 0.2) is 0 Å². The van der Waals surface area contributed by atoms with Crippen LogP contribution in [0.1, 0.15) is 32.8 Å². The summed E-state index contributed by atoms with van der Waals surface area (Å²) in [5.74, 6) is -2.42. The van der Waals surface area contributed by atoms with E-state index in [2.05, 4.69) is 11.9 Å². The summed E-state index contributed by atoms with van der Waals surface area (Å²) in [4.78, 5) is 36.8. The zero-order chi connectivity index (χ0) is 20.4. The van der Waals surface area contributed by atoms with Crippen molar-refractivity contribution in [3.8, 4) is 0 Å². The Labute approximate surface area is 159 Å². The first-order valence-corrected chi connectivity index (χ1v) is 8.56. The number of rotatable bonds is 8. The number of alkyl carbamates (subject to hydrolysis) is 1. The van der Waals surface area contributed by atoms with Crippen molar-refractivity contribution in [2.45, 2.75) is 45.4 Å². The van der Waals surface area contributed by atoms with Gasteiger partial charge in [-0.15, -0.1) is 6.58 Å². The van der Waals surface area contributed by atoms with E-state index in [1.807, 2.05) is 30.3 Å². The molecular formula is C20H27NO6. The Morgan fingerprint density at radius 3 is 2.30 bits per heavy atom. The molecule has 1 rings (SSSR count). The van der Waals surface area contributed by atoms with Crippen molar-refractivity contribution < 1.29 is 28.6 Å². The van der Waals surface area contributed by atoms with E-state index in [9.17, 15) is 14.4 Å². The Morgan fingerprint density at radius 2 is 1.78 bits per heavy atom. The molecule has 0 unspecified atom stereocenters. The van der Waals surface area contributed by atoms with Gasteiger partial charge in [0.05, 0.1) is 13.0 Å². The number of nitrogens with one attached hydrogen (secondary N) is 1. The van der Waals surface area contributed by atoms with Crippen LogP contribution < -0.4 is 5.32 Å². The van der Waals surface area contributed by atoms with E-state index in [0.29, 0.717) is 0 Å². The summed E-state index contributed by atoms with van der Waals surface area (Å²) in [6.07, 6.45) is 0.757. The van der Waals surface area contributed by atoms with Gasteiger partial charge in [0, 0.05) is 0 Å². The molecule has 7 nitrogen and oxygen atoms in total. The first-order valence-electron chi connectivity index (χ1n) is 8.56. The van der Waals surface area contributed by atoms with Crippen LogP contribution in [0, 0.1) is 5.92 Å². The predicted molar refractivity (Wildman–Crippen MR) is 99.7 cm³/mol. The monoisotopic (exact) mass is 377 g/mol. The van der Waals surface area contributed by atoms with Crippen LogP contribution in [0.2, 0.25) is 0 Å². The minimum absolute atomic E-state index is 0.0493. The van der Waals surface area contributed by atoms with Gasteiger partial charge in [-0.2, -0.15) is 0 Å². The van der Waals surface area contributed by atoms with Gasteiger partial charge in [0.25, 0.3) is 0 Å². The molecule has 2 atom stereocenters. The molecule has 0 bridgehead atoms. The molecule has 0 radical (unpaired) electrons. The fourth-order valence-electron chi connectivity index (χ4n) is 2.27. The highest BCUT2D eigenvalue weighted by molar-refractivity contribution is 5.88. The van der Waals surface area contributed by atoms with Crippen LogP contribution in [0.15, 0.2) is 43.0 Å². The maximum Gasteiger partial charge on any atom is 0.408 e. The molecule has 27 heavy (non-hydrogen) atoms. The van der Waals surface area contributed by atoms with E-state index in [1.165, 1.54) is 13.2 Å². The molecule has 0 aliphatic heterocycles. The first-order chi connectivity index (χ1) is 12.7. The van der Waals surface area contributed by atoms with Gasteiger partial charge in [-0.1, -0.05) is 36.4 Å². The molecule has 0 saturated heterocycles. The Balaban J connectivity index is 2.90. The predicted octanol–water partition coefficient (Wildman–Crippen LogP) is 2.99. The first kappa shape index (κ1) is 22.2. The summed E-state index contributed by atoms with van der Waals surface area (Å²) >= 11 is 0. The van der Waals surface area contributed by atoms with E-state index in [1.54, 1.807) is 20.8 Å².